The van der Waals surface area contributed by atoms with E-state index in [1.807, 2.05) is 12.1 Å². The third-order valence-electron chi connectivity index (χ3n) is 6.04. The minimum absolute atomic E-state index is 0.120. The van der Waals surface area contributed by atoms with Gasteiger partial charge in [0.1, 0.15) is 0 Å². The standard InChI is InChI=1S/C21H22N2O2/c24-20-16-8-6-14-4-5-15-7-9-17(19(16)18(14)15)21(25)23(20)13-12-22-10-2-1-3-11-22/h6-9H,1-5,10-13H2. The molecule has 128 valence electrons. The fraction of sp³-hybridized carbons (Fsp3) is 0.429. The van der Waals surface area contributed by atoms with Crippen molar-refractivity contribution in [3.63, 3.8) is 0 Å². The summed E-state index contributed by atoms with van der Waals surface area (Å²) in [6.45, 7) is 3.43. The van der Waals surface area contributed by atoms with Gasteiger partial charge in [-0.25, -0.2) is 0 Å². The molecule has 0 unspecified atom stereocenters. The molecule has 0 radical (unpaired) electrons. The number of carbonyl (C=O) groups excluding carboxylic acids is 2. The smallest absolute Gasteiger partial charge is 0.261 e. The van der Waals surface area contributed by atoms with Crippen LogP contribution in [-0.2, 0) is 12.8 Å². The highest BCUT2D eigenvalue weighted by Gasteiger charge is 2.34. The Morgan fingerprint density at radius 1 is 0.720 bits per heavy atom. The summed E-state index contributed by atoms with van der Waals surface area (Å²) in [7, 11) is 0. The van der Waals surface area contributed by atoms with Crippen LogP contribution in [0.5, 0.6) is 0 Å². The summed E-state index contributed by atoms with van der Waals surface area (Å²) in [6.07, 6.45) is 5.75. The lowest BCUT2D eigenvalue weighted by Gasteiger charge is -2.31. The van der Waals surface area contributed by atoms with Crippen molar-refractivity contribution >= 4 is 22.6 Å². The van der Waals surface area contributed by atoms with Gasteiger partial charge < -0.3 is 4.90 Å². The van der Waals surface area contributed by atoms with Gasteiger partial charge in [0, 0.05) is 29.6 Å². The average Bonchev–Trinajstić information content (AvgIpc) is 3.07. The van der Waals surface area contributed by atoms with Crippen molar-refractivity contribution in [3.05, 3.63) is 46.5 Å². The number of likely N-dealkylation sites (tertiary alicyclic amines) is 1. The van der Waals surface area contributed by atoms with E-state index in [4.69, 9.17) is 0 Å². The van der Waals surface area contributed by atoms with Crippen LogP contribution in [0.25, 0.3) is 10.8 Å². The van der Waals surface area contributed by atoms with Gasteiger partial charge in [-0.05, 0) is 67.4 Å². The number of rotatable bonds is 3. The van der Waals surface area contributed by atoms with E-state index in [9.17, 15) is 9.59 Å². The summed E-state index contributed by atoms with van der Waals surface area (Å²) in [4.78, 5) is 29.9. The Morgan fingerprint density at radius 2 is 1.32 bits per heavy atom. The van der Waals surface area contributed by atoms with E-state index in [2.05, 4.69) is 17.0 Å². The predicted molar refractivity (Wildman–Crippen MR) is 97.0 cm³/mol. The zero-order chi connectivity index (χ0) is 17.0. The normalized spacial score (nSPS) is 19.9. The summed E-state index contributed by atoms with van der Waals surface area (Å²) in [5.74, 6) is -0.241. The number of hydrogen-bond acceptors (Lipinski definition) is 3. The molecule has 2 aromatic carbocycles. The van der Waals surface area contributed by atoms with Crippen molar-refractivity contribution in [2.75, 3.05) is 26.2 Å². The monoisotopic (exact) mass is 334 g/mol. The van der Waals surface area contributed by atoms with Gasteiger partial charge in [-0.15, -0.1) is 0 Å². The van der Waals surface area contributed by atoms with Gasteiger partial charge in [0.25, 0.3) is 11.8 Å². The zero-order valence-electron chi connectivity index (χ0n) is 14.4. The number of hydrogen-bond donors (Lipinski definition) is 0. The second-order valence-corrected chi connectivity index (χ2v) is 7.46. The lowest BCUT2D eigenvalue weighted by Crippen LogP contribution is -2.45. The minimum Gasteiger partial charge on any atom is -0.302 e. The molecule has 2 aliphatic heterocycles. The first-order valence-corrected chi connectivity index (χ1v) is 9.40. The Balaban J connectivity index is 1.51. The zero-order valence-corrected chi connectivity index (χ0v) is 14.4. The maximum Gasteiger partial charge on any atom is 0.261 e. The summed E-state index contributed by atoms with van der Waals surface area (Å²) >= 11 is 0. The lowest BCUT2D eigenvalue weighted by molar-refractivity contribution is 0.0588. The Hall–Kier alpha value is -2.20. The SMILES string of the molecule is O=C1c2ccc3c4c(ccc(c24)C(=O)N1CCN1CCCCC1)CC3. The van der Waals surface area contributed by atoms with Gasteiger partial charge in [-0.2, -0.15) is 0 Å². The fourth-order valence-electron chi connectivity index (χ4n) is 4.70. The third kappa shape index (κ3) is 2.24. The quantitative estimate of drug-likeness (QED) is 0.810. The van der Waals surface area contributed by atoms with Gasteiger partial charge >= 0.3 is 0 Å². The largest absolute Gasteiger partial charge is 0.302 e. The molecular weight excluding hydrogens is 312 g/mol. The van der Waals surface area contributed by atoms with Crippen LogP contribution in [0.4, 0.5) is 0 Å². The first-order valence-electron chi connectivity index (χ1n) is 9.40. The lowest BCUT2D eigenvalue weighted by atomic mass is 9.91. The molecule has 2 amide bonds. The molecule has 0 saturated carbocycles. The van der Waals surface area contributed by atoms with Crippen LogP contribution < -0.4 is 0 Å². The van der Waals surface area contributed by atoms with Gasteiger partial charge in [0.05, 0.1) is 0 Å². The number of carbonyl (C=O) groups is 2. The van der Waals surface area contributed by atoms with E-state index in [0.717, 1.165) is 43.2 Å². The van der Waals surface area contributed by atoms with Crippen LogP contribution in [0.2, 0.25) is 0 Å². The highest BCUT2D eigenvalue weighted by molar-refractivity contribution is 6.26. The van der Waals surface area contributed by atoms with Crippen LogP contribution in [0.1, 0.15) is 51.1 Å². The number of benzene rings is 2. The third-order valence-corrected chi connectivity index (χ3v) is 6.04. The molecule has 2 aromatic rings. The van der Waals surface area contributed by atoms with Crippen molar-refractivity contribution in [2.45, 2.75) is 32.1 Å². The van der Waals surface area contributed by atoms with Crippen molar-refractivity contribution in [2.24, 2.45) is 0 Å². The first kappa shape index (κ1) is 15.1. The van der Waals surface area contributed by atoms with Gasteiger partial charge in [-0.3, -0.25) is 14.5 Å². The second-order valence-electron chi connectivity index (χ2n) is 7.46. The molecule has 1 aliphatic carbocycles. The molecule has 0 atom stereocenters. The van der Waals surface area contributed by atoms with Gasteiger partial charge in [0.2, 0.25) is 0 Å². The summed E-state index contributed by atoms with van der Waals surface area (Å²) < 4.78 is 0. The first-order chi connectivity index (χ1) is 12.2. The molecule has 0 bridgehead atoms. The minimum atomic E-state index is -0.120. The van der Waals surface area contributed by atoms with Crippen LogP contribution >= 0.6 is 0 Å². The van der Waals surface area contributed by atoms with Crippen LogP contribution in [0.15, 0.2) is 24.3 Å². The van der Waals surface area contributed by atoms with Crippen LogP contribution in [0.3, 0.4) is 0 Å². The maximum absolute atomic E-state index is 13.0. The highest BCUT2D eigenvalue weighted by Crippen LogP contribution is 2.38. The predicted octanol–water partition coefficient (Wildman–Crippen LogP) is 3.02. The Bertz CT molecular complexity index is 838. The molecule has 0 N–H and O–H groups in total. The van der Waals surface area contributed by atoms with E-state index in [1.165, 1.54) is 35.3 Å². The Labute approximate surface area is 147 Å². The molecule has 0 aromatic heterocycles. The van der Waals surface area contributed by atoms with Crippen molar-refractivity contribution < 1.29 is 9.59 Å². The van der Waals surface area contributed by atoms with Gasteiger partial charge in [-0.1, -0.05) is 18.6 Å². The molecular formula is C21H22N2O2. The number of nitrogens with zero attached hydrogens (tertiary/aromatic N) is 2. The highest BCUT2D eigenvalue weighted by atomic mass is 16.2. The van der Waals surface area contributed by atoms with E-state index >= 15 is 0 Å². The molecule has 25 heavy (non-hydrogen) atoms. The van der Waals surface area contributed by atoms with Crippen molar-refractivity contribution in [1.29, 1.82) is 0 Å². The Kier molecular flexibility index (Phi) is 3.42. The Morgan fingerprint density at radius 3 is 1.92 bits per heavy atom. The number of imide groups is 1. The second kappa shape index (κ2) is 5.67. The maximum atomic E-state index is 13.0. The van der Waals surface area contributed by atoms with E-state index in [-0.39, 0.29) is 11.8 Å². The van der Waals surface area contributed by atoms with E-state index in [1.54, 1.807) is 0 Å². The molecule has 1 fully saturated rings. The number of piperidine rings is 1. The van der Waals surface area contributed by atoms with E-state index < -0.39 is 0 Å². The topological polar surface area (TPSA) is 40.6 Å². The summed E-state index contributed by atoms with van der Waals surface area (Å²) in [6, 6.07) is 8.01. The molecule has 5 rings (SSSR count). The molecule has 2 heterocycles. The molecule has 0 spiro atoms. The molecule has 1 saturated heterocycles. The average molecular weight is 334 g/mol. The number of aryl methyl sites for hydroxylation is 2. The van der Waals surface area contributed by atoms with Crippen molar-refractivity contribution in [1.82, 2.24) is 9.80 Å². The summed E-state index contributed by atoms with van der Waals surface area (Å²) in [5.41, 5.74) is 3.96. The van der Waals surface area contributed by atoms with Crippen molar-refractivity contribution in [3.8, 4) is 0 Å². The molecule has 4 nitrogen and oxygen atoms in total. The molecule has 3 aliphatic rings. The van der Waals surface area contributed by atoms with Crippen LogP contribution in [-0.4, -0.2) is 47.8 Å². The van der Waals surface area contributed by atoms with E-state index in [0.29, 0.717) is 17.7 Å². The van der Waals surface area contributed by atoms with Gasteiger partial charge in [0.15, 0.2) is 0 Å². The number of amides is 2. The van der Waals surface area contributed by atoms with Crippen LogP contribution in [0, 0.1) is 0 Å². The molecule has 4 heteroatoms. The summed E-state index contributed by atoms with van der Waals surface area (Å²) in [5, 5.41) is 2.06. The fourth-order valence-corrected chi connectivity index (χ4v) is 4.70.